The third-order valence-electron chi connectivity index (χ3n) is 5.86. The van der Waals surface area contributed by atoms with E-state index >= 15 is 0 Å². The van der Waals surface area contributed by atoms with E-state index in [1.54, 1.807) is 31.2 Å². The van der Waals surface area contributed by atoms with Crippen LogP contribution in [0, 0.1) is 5.41 Å². The zero-order valence-corrected chi connectivity index (χ0v) is 18.9. The summed E-state index contributed by atoms with van der Waals surface area (Å²) in [6.07, 6.45) is 2.29. The zero-order valence-electron chi connectivity index (χ0n) is 17.3. The molecule has 0 spiro atoms. The Kier molecular flexibility index (Phi) is 6.11. The third kappa shape index (κ3) is 4.51. The molecule has 1 fully saturated rings. The van der Waals surface area contributed by atoms with Gasteiger partial charge in [-0.25, -0.2) is 0 Å². The first kappa shape index (κ1) is 21.8. The van der Waals surface area contributed by atoms with Crippen LogP contribution in [0.15, 0.2) is 34.2 Å². The van der Waals surface area contributed by atoms with Gasteiger partial charge in [-0.2, -0.15) is 8.42 Å². The van der Waals surface area contributed by atoms with Crippen molar-refractivity contribution < 1.29 is 13.2 Å². The summed E-state index contributed by atoms with van der Waals surface area (Å²) < 4.78 is 29.5. The quantitative estimate of drug-likeness (QED) is 0.776. The Bertz CT molecular complexity index is 975. The summed E-state index contributed by atoms with van der Waals surface area (Å²) in [6.45, 7) is 8.98. The number of rotatable bonds is 4. The first-order valence-corrected chi connectivity index (χ1v) is 11.7. The van der Waals surface area contributed by atoms with Crippen molar-refractivity contribution >= 4 is 38.3 Å². The Balaban J connectivity index is 1.74. The van der Waals surface area contributed by atoms with Gasteiger partial charge in [-0.1, -0.05) is 44.5 Å². The topological polar surface area (TPSA) is 78.8 Å². The van der Waals surface area contributed by atoms with Gasteiger partial charge >= 0.3 is 0 Å². The van der Waals surface area contributed by atoms with Crippen molar-refractivity contribution in [2.75, 3.05) is 13.1 Å². The lowest BCUT2D eigenvalue weighted by Gasteiger charge is -2.35. The van der Waals surface area contributed by atoms with E-state index < -0.39 is 10.0 Å². The van der Waals surface area contributed by atoms with Gasteiger partial charge in [0, 0.05) is 35.1 Å². The number of amidine groups is 1. The molecule has 0 unspecified atom stereocenters. The lowest BCUT2D eigenvalue weighted by molar-refractivity contribution is -0.130. The Hall–Kier alpha value is -1.86. The fraction of sp³-hybridized carbons (Fsp3) is 0.524. The summed E-state index contributed by atoms with van der Waals surface area (Å²) in [5.41, 5.74) is 0.811. The number of nitrogens with zero attached hydrogens (tertiary/aromatic N) is 2. The van der Waals surface area contributed by atoms with Gasteiger partial charge in [-0.05, 0) is 43.9 Å². The molecule has 2 aliphatic heterocycles. The normalized spacial score (nSPS) is 20.0. The van der Waals surface area contributed by atoms with Crippen molar-refractivity contribution in [3.05, 3.63) is 40.4 Å². The van der Waals surface area contributed by atoms with Crippen LogP contribution in [0.3, 0.4) is 0 Å². The predicted octanol–water partition coefficient (Wildman–Crippen LogP) is 3.83. The molecule has 6 nitrogen and oxygen atoms in total. The molecule has 158 valence electrons. The van der Waals surface area contributed by atoms with Crippen LogP contribution in [-0.2, 0) is 14.8 Å². The van der Waals surface area contributed by atoms with Gasteiger partial charge in [0.25, 0.3) is 10.0 Å². The first-order valence-electron chi connectivity index (χ1n) is 9.93. The Morgan fingerprint density at radius 2 is 1.97 bits per heavy atom. The van der Waals surface area contributed by atoms with E-state index in [2.05, 4.69) is 9.71 Å². The van der Waals surface area contributed by atoms with E-state index in [4.69, 9.17) is 11.6 Å². The van der Waals surface area contributed by atoms with Crippen LogP contribution >= 0.6 is 11.6 Å². The zero-order chi connectivity index (χ0) is 21.4. The van der Waals surface area contributed by atoms with E-state index in [0.29, 0.717) is 35.1 Å². The van der Waals surface area contributed by atoms with Gasteiger partial charge < -0.3 is 10.2 Å². The molecule has 1 aromatic carbocycles. The SMILES string of the molecule is CCC(C)(C)C(=O)NC1CCN(C2=NS(=O)(=O)C(c3cccc(Cl)c3)=C2C)CC1. The number of benzene rings is 1. The van der Waals surface area contributed by atoms with Crippen LogP contribution in [0.2, 0.25) is 5.02 Å². The lowest BCUT2D eigenvalue weighted by Crippen LogP contribution is -2.49. The number of likely N-dealkylation sites (tertiary alicyclic amines) is 1. The number of amides is 1. The summed E-state index contributed by atoms with van der Waals surface area (Å²) in [5.74, 6) is 0.567. The van der Waals surface area contributed by atoms with Crippen LogP contribution in [0.4, 0.5) is 0 Å². The van der Waals surface area contributed by atoms with Crippen LogP contribution in [0.5, 0.6) is 0 Å². The molecule has 3 rings (SSSR count). The molecule has 2 aliphatic rings. The smallest absolute Gasteiger partial charge is 0.285 e. The highest BCUT2D eigenvalue weighted by molar-refractivity contribution is 8.00. The number of halogens is 1. The molecule has 0 saturated carbocycles. The molecule has 1 amide bonds. The number of hydrogen-bond donors (Lipinski definition) is 1. The highest BCUT2D eigenvalue weighted by atomic mass is 35.5. The first-order chi connectivity index (χ1) is 13.5. The second-order valence-electron chi connectivity index (χ2n) is 8.33. The van der Waals surface area contributed by atoms with Gasteiger partial charge in [0.05, 0.1) is 0 Å². The van der Waals surface area contributed by atoms with Crippen LogP contribution in [-0.4, -0.2) is 44.2 Å². The van der Waals surface area contributed by atoms with Crippen molar-refractivity contribution in [1.82, 2.24) is 10.2 Å². The van der Waals surface area contributed by atoms with Gasteiger partial charge in [0.2, 0.25) is 5.91 Å². The van der Waals surface area contributed by atoms with Crippen molar-refractivity contribution in [2.45, 2.75) is 53.0 Å². The standard InChI is InChI=1S/C21H28ClN3O3S/c1-5-21(3,4)20(26)23-17-9-11-25(12-10-17)19-14(2)18(29(27,28)24-19)15-7-6-8-16(22)13-15/h6-8,13,17H,5,9-12H2,1-4H3,(H,23,26). The van der Waals surface area contributed by atoms with Crippen LogP contribution in [0.1, 0.15) is 52.5 Å². The van der Waals surface area contributed by atoms with Gasteiger partial charge in [0.1, 0.15) is 10.7 Å². The second-order valence-corrected chi connectivity index (χ2v) is 10.3. The molecule has 0 aliphatic carbocycles. The molecule has 0 atom stereocenters. The average molecular weight is 438 g/mol. The van der Waals surface area contributed by atoms with Gasteiger partial charge in [-0.3, -0.25) is 4.79 Å². The number of piperidine rings is 1. The van der Waals surface area contributed by atoms with Crippen molar-refractivity contribution in [3.63, 3.8) is 0 Å². The monoisotopic (exact) mass is 437 g/mol. The van der Waals surface area contributed by atoms with Crippen molar-refractivity contribution in [1.29, 1.82) is 0 Å². The number of carbonyl (C=O) groups is 1. The molecule has 0 radical (unpaired) electrons. The summed E-state index contributed by atoms with van der Waals surface area (Å²) in [5, 5.41) is 3.62. The highest BCUT2D eigenvalue weighted by Crippen LogP contribution is 2.35. The third-order valence-corrected chi connectivity index (χ3v) is 7.56. The van der Waals surface area contributed by atoms with E-state index in [0.717, 1.165) is 19.3 Å². The minimum atomic E-state index is -3.76. The maximum atomic E-state index is 12.7. The van der Waals surface area contributed by atoms with E-state index in [1.165, 1.54) is 0 Å². The molecule has 0 aromatic heterocycles. The largest absolute Gasteiger partial charge is 0.356 e. The molecule has 2 heterocycles. The Morgan fingerprint density at radius 3 is 2.55 bits per heavy atom. The molecular formula is C21H28ClN3O3S. The summed E-state index contributed by atoms with van der Waals surface area (Å²) in [6, 6.07) is 6.92. The van der Waals surface area contributed by atoms with E-state index in [9.17, 15) is 13.2 Å². The van der Waals surface area contributed by atoms with Gasteiger partial charge in [-0.15, -0.1) is 4.40 Å². The molecule has 8 heteroatoms. The van der Waals surface area contributed by atoms with Gasteiger partial charge in [0.15, 0.2) is 0 Å². The molecule has 1 saturated heterocycles. The van der Waals surface area contributed by atoms with Crippen LogP contribution in [0.25, 0.3) is 4.91 Å². The van der Waals surface area contributed by atoms with E-state index in [-0.39, 0.29) is 22.3 Å². The van der Waals surface area contributed by atoms with Crippen molar-refractivity contribution in [2.24, 2.45) is 9.81 Å². The number of carbonyl (C=O) groups excluding carboxylic acids is 1. The molecule has 0 bridgehead atoms. The maximum absolute atomic E-state index is 12.7. The maximum Gasteiger partial charge on any atom is 0.285 e. The molecule has 1 N–H and O–H groups in total. The summed E-state index contributed by atoms with van der Waals surface area (Å²) in [4.78, 5) is 14.6. The lowest BCUT2D eigenvalue weighted by atomic mass is 9.88. The second kappa shape index (κ2) is 8.11. The molecular weight excluding hydrogens is 410 g/mol. The fourth-order valence-corrected chi connectivity index (χ4v) is 5.25. The summed E-state index contributed by atoms with van der Waals surface area (Å²) in [7, 11) is -3.76. The Labute approximate surface area is 178 Å². The molecule has 29 heavy (non-hydrogen) atoms. The van der Waals surface area contributed by atoms with Crippen molar-refractivity contribution in [3.8, 4) is 0 Å². The Morgan fingerprint density at radius 1 is 1.31 bits per heavy atom. The fourth-order valence-electron chi connectivity index (χ4n) is 3.59. The number of hydrogen-bond acceptors (Lipinski definition) is 4. The minimum Gasteiger partial charge on any atom is -0.356 e. The number of nitrogens with one attached hydrogen (secondary N) is 1. The average Bonchev–Trinajstić information content (AvgIpc) is 2.91. The van der Waals surface area contributed by atoms with Crippen LogP contribution < -0.4 is 5.32 Å². The summed E-state index contributed by atoms with van der Waals surface area (Å²) >= 11 is 6.05. The predicted molar refractivity (Wildman–Crippen MR) is 117 cm³/mol. The minimum absolute atomic E-state index is 0.0681. The van der Waals surface area contributed by atoms with E-state index in [1.807, 2.05) is 25.7 Å². The molecule has 1 aromatic rings. The highest BCUT2D eigenvalue weighted by Gasteiger charge is 2.35. The number of sulfonamides is 1.